The number of anilines is 1. The van der Waals surface area contributed by atoms with Gasteiger partial charge in [-0.15, -0.1) is 0 Å². The van der Waals surface area contributed by atoms with E-state index in [9.17, 15) is 0 Å². The molecule has 8 nitrogen and oxygen atoms in total. The van der Waals surface area contributed by atoms with Gasteiger partial charge in [0.15, 0.2) is 5.96 Å². The van der Waals surface area contributed by atoms with Gasteiger partial charge in [0.1, 0.15) is 5.82 Å². The molecule has 1 atom stereocenters. The molecule has 29 heavy (non-hydrogen) atoms. The summed E-state index contributed by atoms with van der Waals surface area (Å²) in [7, 11) is 3.50. The average Bonchev–Trinajstić information content (AvgIpc) is 3.28. The Morgan fingerprint density at radius 3 is 2.97 bits per heavy atom. The number of nitrogens with one attached hydrogen (secondary N) is 2. The lowest BCUT2D eigenvalue weighted by atomic mass is 10.2. The summed E-state index contributed by atoms with van der Waals surface area (Å²) in [4.78, 5) is 11.0. The second-order valence-corrected chi connectivity index (χ2v) is 7.58. The zero-order chi connectivity index (χ0) is 20.8. The van der Waals surface area contributed by atoms with Gasteiger partial charge in [-0.3, -0.25) is 9.67 Å². The molecule has 0 aromatic carbocycles. The Morgan fingerprint density at radius 1 is 1.41 bits per heavy atom. The molecule has 158 valence electrons. The third kappa shape index (κ3) is 5.19. The summed E-state index contributed by atoms with van der Waals surface area (Å²) >= 11 is 6.29. The maximum Gasteiger partial charge on any atom is 0.191 e. The first-order valence-electron chi connectivity index (χ1n) is 9.88. The SMILES string of the molecule is CN=C(NCc1c(C)nn(CCOC)c1C)NC1CCN(c2ncccc2Cl)C1. The standard InChI is InChI=1S/C20H30ClN7O/c1-14-17(15(2)28(26-14)10-11-29-4)12-24-20(22-3)25-16-7-9-27(13-16)19-18(21)6-5-8-23-19/h5-6,8,16H,7,9-13H2,1-4H3,(H2,22,24,25). The Hall–Kier alpha value is -2.32. The number of aryl methyl sites for hydroxylation is 1. The fourth-order valence-corrected chi connectivity index (χ4v) is 3.87. The van der Waals surface area contributed by atoms with Crippen molar-refractivity contribution in [3.8, 4) is 0 Å². The molecule has 3 rings (SSSR count). The number of guanidine groups is 1. The molecule has 0 aliphatic carbocycles. The van der Waals surface area contributed by atoms with Crippen molar-refractivity contribution in [2.45, 2.75) is 39.4 Å². The number of hydrogen-bond acceptors (Lipinski definition) is 5. The minimum atomic E-state index is 0.283. The average molecular weight is 420 g/mol. The maximum absolute atomic E-state index is 6.29. The van der Waals surface area contributed by atoms with E-state index >= 15 is 0 Å². The van der Waals surface area contributed by atoms with Gasteiger partial charge in [-0.2, -0.15) is 5.10 Å². The molecule has 3 heterocycles. The van der Waals surface area contributed by atoms with E-state index in [0.29, 0.717) is 18.2 Å². The fraction of sp³-hybridized carbons (Fsp3) is 0.550. The molecule has 0 amide bonds. The Morgan fingerprint density at radius 2 is 2.24 bits per heavy atom. The predicted molar refractivity (Wildman–Crippen MR) is 117 cm³/mol. The normalized spacial score (nSPS) is 17.1. The molecular weight excluding hydrogens is 390 g/mol. The first-order chi connectivity index (χ1) is 14.0. The highest BCUT2D eigenvalue weighted by atomic mass is 35.5. The van der Waals surface area contributed by atoms with Gasteiger partial charge in [0.2, 0.25) is 0 Å². The third-order valence-corrected chi connectivity index (χ3v) is 5.56. The van der Waals surface area contributed by atoms with Crippen molar-refractivity contribution in [2.75, 3.05) is 38.8 Å². The van der Waals surface area contributed by atoms with Gasteiger partial charge >= 0.3 is 0 Å². The van der Waals surface area contributed by atoms with Gasteiger partial charge in [-0.05, 0) is 32.4 Å². The van der Waals surface area contributed by atoms with Crippen molar-refractivity contribution in [2.24, 2.45) is 4.99 Å². The summed E-state index contributed by atoms with van der Waals surface area (Å²) in [5, 5.41) is 12.2. The zero-order valence-corrected chi connectivity index (χ0v) is 18.3. The molecule has 9 heteroatoms. The summed E-state index contributed by atoms with van der Waals surface area (Å²) in [6.07, 6.45) is 2.78. The van der Waals surface area contributed by atoms with Crippen LogP contribution in [-0.4, -0.2) is 60.6 Å². The Balaban J connectivity index is 1.56. The van der Waals surface area contributed by atoms with Gasteiger partial charge in [-0.1, -0.05) is 11.6 Å². The number of pyridine rings is 1. The predicted octanol–water partition coefficient (Wildman–Crippen LogP) is 2.14. The second-order valence-electron chi connectivity index (χ2n) is 7.18. The van der Waals surface area contributed by atoms with E-state index in [1.807, 2.05) is 23.7 Å². The topological polar surface area (TPSA) is 79.6 Å². The Labute approximate surface area is 177 Å². The van der Waals surface area contributed by atoms with Crippen molar-refractivity contribution in [3.05, 3.63) is 40.3 Å². The molecule has 2 aromatic heterocycles. The summed E-state index contributed by atoms with van der Waals surface area (Å²) in [6.45, 7) is 7.96. The van der Waals surface area contributed by atoms with Crippen LogP contribution in [0.3, 0.4) is 0 Å². The molecule has 0 bridgehead atoms. The molecule has 0 saturated carbocycles. The largest absolute Gasteiger partial charge is 0.383 e. The number of halogens is 1. The number of methoxy groups -OCH3 is 1. The number of aliphatic imine (C=N–C) groups is 1. The first-order valence-corrected chi connectivity index (χ1v) is 10.3. The lowest BCUT2D eigenvalue weighted by Gasteiger charge is -2.20. The van der Waals surface area contributed by atoms with Gasteiger partial charge < -0.3 is 20.3 Å². The minimum absolute atomic E-state index is 0.283. The number of aromatic nitrogens is 3. The van der Waals surface area contributed by atoms with Crippen LogP contribution in [0, 0.1) is 13.8 Å². The molecule has 2 N–H and O–H groups in total. The molecule has 0 spiro atoms. The lowest BCUT2D eigenvalue weighted by molar-refractivity contribution is 0.182. The van der Waals surface area contributed by atoms with Crippen LogP contribution in [0.5, 0.6) is 0 Å². The Bertz CT molecular complexity index is 851. The molecule has 1 fully saturated rings. The van der Waals surface area contributed by atoms with Crippen LogP contribution in [-0.2, 0) is 17.8 Å². The van der Waals surface area contributed by atoms with E-state index in [-0.39, 0.29) is 6.04 Å². The van der Waals surface area contributed by atoms with E-state index < -0.39 is 0 Å². The van der Waals surface area contributed by atoms with Gasteiger partial charge in [-0.25, -0.2) is 4.98 Å². The van der Waals surface area contributed by atoms with Crippen LogP contribution in [0.1, 0.15) is 23.4 Å². The monoisotopic (exact) mass is 419 g/mol. The summed E-state index contributed by atoms with van der Waals surface area (Å²) < 4.78 is 7.16. The first kappa shape index (κ1) is 21.4. The van der Waals surface area contributed by atoms with Crippen molar-refractivity contribution in [3.63, 3.8) is 0 Å². The van der Waals surface area contributed by atoms with Crippen LogP contribution in [0.25, 0.3) is 0 Å². The summed E-state index contributed by atoms with van der Waals surface area (Å²) in [5.74, 6) is 1.63. The van der Waals surface area contributed by atoms with Crippen LogP contribution in [0.15, 0.2) is 23.3 Å². The maximum atomic E-state index is 6.29. The molecule has 1 aliphatic rings. The molecule has 1 unspecified atom stereocenters. The van der Waals surface area contributed by atoms with E-state index in [1.165, 1.54) is 5.56 Å². The van der Waals surface area contributed by atoms with E-state index in [1.54, 1.807) is 20.4 Å². The van der Waals surface area contributed by atoms with Crippen LogP contribution >= 0.6 is 11.6 Å². The molecular formula is C20H30ClN7O. The lowest BCUT2D eigenvalue weighted by Crippen LogP contribution is -2.44. The third-order valence-electron chi connectivity index (χ3n) is 5.26. The van der Waals surface area contributed by atoms with E-state index in [4.69, 9.17) is 16.3 Å². The highest BCUT2D eigenvalue weighted by Crippen LogP contribution is 2.25. The molecule has 0 radical (unpaired) electrons. The summed E-state index contributed by atoms with van der Waals surface area (Å²) in [6, 6.07) is 4.01. The van der Waals surface area contributed by atoms with Crippen molar-refractivity contribution in [1.29, 1.82) is 0 Å². The molecule has 1 saturated heterocycles. The van der Waals surface area contributed by atoms with E-state index in [0.717, 1.165) is 49.2 Å². The smallest absolute Gasteiger partial charge is 0.191 e. The fourth-order valence-electron chi connectivity index (χ4n) is 3.63. The van der Waals surface area contributed by atoms with Crippen molar-refractivity contribution >= 4 is 23.4 Å². The summed E-state index contributed by atoms with van der Waals surface area (Å²) in [5.41, 5.74) is 3.37. The number of ether oxygens (including phenoxy) is 1. The van der Waals surface area contributed by atoms with Crippen LogP contribution in [0.2, 0.25) is 5.02 Å². The van der Waals surface area contributed by atoms with E-state index in [2.05, 4.69) is 37.5 Å². The van der Waals surface area contributed by atoms with Crippen molar-refractivity contribution in [1.82, 2.24) is 25.4 Å². The van der Waals surface area contributed by atoms with Gasteiger partial charge in [0, 0.05) is 57.3 Å². The second kappa shape index (κ2) is 9.93. The zero-order valence-electron chi connectivity index (χ0n) is 17.6. The highest BCUT2D eigenvalue weighted by molar-refractivity contribution is 6.32. The number of rotatable bonds is 7. The number of nitrogens with zero attached hydrogens (tertiary/aromatic N) is 5. The number of hydrogen-bond donors (Lipinski definition) is 2. The van der Waals surface area contributed by atoms with Crippen LogP contribution < -0.4 is 15.5 Å². The van der Waals surface area contributed by atoms with Crippen LogP contribution in [0.4, 0.5) is 5.82 Å². The highest BCUT2D eigenvalue weighted by Gasteiger charge is 2.25. The quantitative estimate of drug-likeness (QED) is 0.528. The minimum Gasteiger partial charge on any atom is -0.383 e. The van der Waals surface area contributed by atoms with Gasteiger partial charge in [0.05, 0.1) is 23.9 Å². The Kier molecular flexibility index (Phi) is 7.33. The van der Waals surface area contributed by atoms with Gasteiger partial charge in [0.25, 0.3) is 0 Å². The molecule has 1 aliphatic heterocycles. The molecule has 2 aromatic rings. The van der Waals surface area contributed by atoms with Crippen molar-refractivity contribution < 1.29 is 4.74 Å².